The molecule has 0 unspecified atom stereocenters. The lowest BCUT2D eigenvalue weighted by Crippen LogP contribution is -2.39. The van der Waals surface area contributed by atoms with Gasteiger partial charge in [0, 0.05) is 30.9 Å². The van der Waals surface area contributed by atoms with Crippen molar-refractivity contribution in [1.82, 2.24) is 9.88 Å². The standard InChI is InChI=1S/C16H26N4O/c1-2-9-18-16-13(6-5-10-19-16)11-20(12-15(17)21)14-7-3-4-8-14/h5-6,10,14H,2-4,7-9,11-12H2,1H3,(H2,17,21)(H,18,19). The predicted octanol–water partition coefficient (Wildman–Crippen LogP) is 2.13. The van der Waals surface area contributed by atoms with Gasteiger partial charge in [-0.3, -0.25) is 9.69 Å². The lowest BCUT2D eigenvalue weighted by atomic mass is 10.1. The van der Waals surface area contributed by atoms with Gasteiger partial charge in [-0.05, 0) is 25.3 Å². The fourth-order valence-corrected chi connectivity index (χ4v) is 2.97. The summed E-state index contributed by atoms with van der Waals surface area (Å²) in [6.45, 7) is 4.09. The summed E-state index contributed by atoms with van der Waals surface area (Å²) in [7, 11) is 0. The van der Waals surface area contributed by atoms with Crippen molar-refractivity contribution in [3.8, 4) is 0 Å². The van der Waals surface area contributed by atoms with Gasteiger partial charge < -0.3 is 11.1 Å². The number of carbonyl (C=O) groups excluding carboxylic acids is 1. The Morgan fingerprint density at radius 2 is 2.24 bits per heavy atom. The largest absolute Gasteiger partial charge is 0.370 e. The van der Waals surface area contributed by atoms with Crippen molar-refractivity contribution >= 4 is 11.7 Å². The number of aromatic nitrogens is 1. The van der Waals surface area contributed by atoms with E-state index < -0.39 is 0 Å². The number of carbonyl (C=O) groups is 1. The van der Waals surface area contributed by atoms with Crippen molar-refractivity contribution in [2.75, 3.05) is 18.4 Å². The normalized spacial score (nSPS) is 15.5. The fourth-order valence-electron chi connectivity index (χ4n) is 2.97. The number of nitrogens with one attached hydrogen (secondary N) is 1. The van der Waals surface area contributed by atoms with Gasteiger partial charge in [0.05, 0.1) is 6.54 Å². The van der Waals surface area contributed by atoms with Gasteiger partial charge in [-0.2, -0.15) is 0 Å². The number of nitrogens with two attached hydrogens (primary N) is 1. The van der Waals surface area contributed by atoms with Crippen LogP contribution in [0.1, 0.15) is 44.6 Å². The van der Waals surface area contributed by atoms with E-state index in [1.54, 1.807) is 6.20 Å². The first-order valence-corrected chi connectivity index (χ1v) is 7.90. The number of amides is 1. The number of rotatable bonds is 8. The van der Waals surface area contributed by atoms with E-state index in [4.69, 9.17) is 5.73 Å². The van der Waals surface area contributed by atoms with Gasteiger partial charge >= 0.3 is 0 Å². The van der Waals surface area contributed by atoms with E-state index in [1.807, 2.05) is 6.07 Å². The third-order valence-electron chi connectivity index (χ3n) is 4.01. The highest BCUT2D eigenvalue weighted by Crippen LogP contribution is 2.26. The summed E-state index contributed by atoms with van der Waals surface area (Å²) in [5.41, 5.74) is 6.56. The Balaban J connectivity index is 2.09. The molecule has 0 atom stereocenters. The molecule has 116 valence electrons. The molecule has 0 radical (unpaired) electrons. The Hall–Kier alpha value is -1.62. The minimum Gasteiger partial charge on any atom is -0.370 e. The van der Waals surface area contributed by atoms with Crippen LogP contribution in [0.4, 0.5) is 5.82 Å². The molecule has 21 heavy (non-hydrogen) atoms. The highest BCUT2D eigenvalue weighted by Gasteiger charge is 2.24. The Morgan fingerprint density at radius 3 is 2.90 bits per heavy atom. The summed E-state index contributed by atoms with van der Waals surface area (Å²) < 4.78 is 0. The monoisotopic (exact) mass is 290 g/mol. The van der Waals surface area contributed by atoms with Crippen LogP contribution in [0.15, 0.2) is 18.3 Å². The first-order valence-electron chi connectivity index (χ1n) is 7.90. The summed E-state index contributed by atoms with van der Waals surface area (Å²) in [5.74, 6) is 0.667. The van der Waals surface area contributed by atoms with Crippen LogP contribution in [0, 0.1) is 0 Å². The van der Waals surface area contributed by atoms with E-state index in [-0.39, 0.29) is 5.91 Å². The number of anilines is 1. The Morgan fingerprint density at radius 1 is 1.48 bits per heavy atom. The molecule has 1 aromatic heterocycles. The van der Waals surface area contributed by atoms with Gasteiger partial charge in [-0.15, -0.1) is 0 Å². The van der Waals surface area contributed by atoms with Crippen molar-refractivity contribution < 1.29 is 4.79 Å². The van der Waals surface area contributed by atoms with Crippen LogP contribution in [0.2, 0.25) is 0 Å². The van der Waals surface area contributed by atoms with E-state index in [9.17, 15) is 4.79 Å². The summed E-state index contributed by atoms with van der Waals surface area (Å²) in [5, 5.41) is 3.36. The molecule has 5 heteroatoms. The molecule has 5 nitrogen and oxygen atoms in total. The molecule has 0 aliphatic heterocycles. The summed E-state index contributed by atoms with van der Waals surface area (Å²) >= 11 is 0. The molecule has 3 N–H and O–H groups in total. The van der Waals surface area contributed by atoms with E-state index in [0.717, 1.165) is 43.7 Å². The zero-order valence-electron chi connectivity index (χ0n) is 12.8. The van der Waals surface area contributed by atoms with Gasteiger partial charge in [-0.1, -0.05) is 25.8 Å². The summed E-state index contributed by atoms with van der Waals surface area (Å²) in [6.07, 6.45) is 7.66. The van der Waals surface area contributed by atoms with Crippen LogP contribution in [-0.4, -0.2) is 34.9 Å². The third kappa shape index (κ3) is 4.70. The Labute approximate surface area is 126 Å². The molecule has 1 aromatic rings. The minimum atomic E-state index is -0.256. The first-order chi connectivity index (χ1) is 10.2. The van der Waals surface area contributed by atoms with Gasteiger partial charge in [0.25, 0.3) is 0 Å². The molecule has 1 aliphatic rings. The van der Waals surface area contributed by atoms with Crippen LogP contribution in [0.3, 0.4) is 0 Å². The maximum atomic E-state index is 11.4. The Bertz CT molecular complexity index is 457. The van der Waals surface area contributed by atoms with E-state index in [1.165, 1.54) is 12.8 Å². The number of primary amides is 1. The third-order valence-corrected chi connectivity index (χ3v) is 4.01. The molecule has 1 saturated carbocycles. The molecule has 1 fully saturated rings. The molecular formula is C16H26N4O. The molecular weight excluding hydrogens is 264 g/mol. The first kappa shape index (κ1) is 15.8. The lowest BCUT2D eigenvalue weighted by Gasteiger charge is -2.28. The number of hydrogen-bond donors (Lipinski definition) is 2. The van der Waals surface area contributed by atoms with Crippen LogP contribution in [0.5, 0.6) is 0 Å². The molecule has 2 rings (SSSR count). The lowest BCUT2D eigenvalue weighted by molar-refractivity contribution is -0.119. The van der Waals surface area contributed by atoms with Crippen molar-refractivity contribution in [3.05, 3.63) is 23.9 Å². The van der Waals surface area contributed by atoms with Gasteiger partial charge in [-0.25, -0.2) is 4.98 Å². The van der Waals surface area contributed by atoms with Crippen molar-refractivity contribution in [1.29, 1.82) is 0 Å². The molecule has 0 saturated heterocycles. The Kier molecular flexibility index (Phi) is 5.99. The maximum absolute atomic E-state index is 11.4. The summed E-state index contributed by atoms with van der Waals surface area (Å²) in [6, 6.07) is 4.49. The van der Waals surface area contributed by atoms with E-state index >= 15 is 0 Å². The number of nitrogens with zero attached hydrogens (tertiary/aromatic N) is 2. The molecule has 0 aromatic carbocycles. The average molecular weight is 290 g/mol. The second kappa shape index (κ2) is 7.98. The van der Waals surface area contributed by atoms with Crippen LogP contribution < -0.4 is 11.1 Å². The number of pyridine rings is 1. The van der Waals surface area contributed by atoms with E-state index in [2.05, 4.69) is 28.2 Å². The van der Waals surface area contributed by atoms with E-state index in [0.29, 0.717) is 12.6 Å². The quantitative estimate of drug-likeness (QED) is 0.769. The molecule has 1 aliphatic carbocycles. The van der Waals surface area contributed by atoms with Gasteiger partial charge in [0.1, 0.15) is 5.82 Å². The van der Waals surface area contributed by atoms with Crippen LogP contribution in [0.25, 0.3) is 0 Å². The summed E-state index contributed by atoms with van der Waals surface area (Å²) in [4.78, 5) is 18.0. The predicted molar refractivity (Wildman–Crippen MR) is 84.9 cm³/mol. The van der Waals surface area contributed by atoms with Crippen LogP contribution >= 0.6 is 0 Å². The van der Waals surface area contributed by atoms with Crippen molar-refractivity contribution in [2.24, 2.45) is 5.73 Å². The second-order valence-corrected chi connectivity index (χ2v) is 5.75. The molecule has 0 bridgehead atoms. The molecule has 1 heterocycles. The van der Waals surface area contributed by atoms with Crippen molar-refractivity contribution in [3.63, 3.8) is 0 Å². The highest BCUT2D eigenvalue weighted by atomic mass is 16.1. The van der Waals surface area contributed by atoms with Crippen LogP contribution in [-0.2, 0) is 11.3 Å². The van der Waals surface area contributed by atoms with Gasteiger partial charge in [0.2, 0.25) is 5.91 Å². The van der Waals surface area contributed by atoms with Gasteiger partial charge in [0.15, 0.2) is 0 Å². The highest BCUT2D eigenvalue weighted by molar-refractivity contribution is 5.76. The second-order valence-electron chi connectivity index (χ2n) is 5.75. The zero-order chi connectivity index (χ0) is 15.1. The topological polar surface area (TPSA) is 71.2 Å². The molecule has 1 amide bonds. The molecule has 0 spiro atoms. The average Bonchev–Trinajstić information content (AvgIpc) is 2.99. The fraction of sp³-hybridized carbons (Fsp3) is 0.625. The smallest absolute Gasteiger partial charge is 0.231 e. The minimum absolute atomic E-state index is 0.256. The number of hydrogen-bond acceptors (Lipinski definition) is 4. The van der Waals surface area contributed by atoms with Crippen molar-refractivity contribution in [2.45, 2.75) is 51.6 Å². The SMILES string of the molecule is CCCNc1ncccc1CN(CC(N)=O)C1CCCC1. The zero-order valence-corrected chi connectivity index (χ0v) is 12.8. The maximum Gasteiger partial charge on any atom is 0.231 e.